The first-order valence-corrected chi connectivity index (χ1v) is 3.52. The molecule has 2 aromatic rings. The lowest BCUT2D eigenvalue weighted by molar-refractivity contribution is 1.07. The second-order valence-corrected chi connectivity index (χ2v) is 2.50. The maximum absolute atomic E-state index is 5.48. The topological polar surface area (TPSA) is 54.7 Å². The fourth-order valence-corrected chi connectivity index (χ4v) is 1.11. The van der Waals surface area contributed by atoms with E-state index in [-0.39, 0.29) is 12.4 Å². The number of fused-ring (bicyclic) bond motifs is 1. The van der Waals surface area contributed by atoms with Gasteiger partial charge in [-0.15, -0.1) is 12.4 Å². The number of nitrogens with one attached hydrogen (secondary N) is 1. The fraction of sp³-hybridized carbons (Fsp3) is 0.125. The van der Waals surface area contributed by atoms with Crippen LogP contribution in [0.15, 0.2) is 24.4 Å². The fourth-order valence-electron chi connectivity index (χ4n) is 1.11. The molecule has 12 heavy (non-hydrogen) atoms. The number of nitrogens with zero attached hydrogens (tertiary/aromatic N) is 1. The van der Waals surface area contributed by atoms with E-state index in [0.29, 0.717) is 6.54 Å². The third-order valence-corrected chi connectivity index (χ3v) is 1.74. The molecule has 3 nitrogen and oxygen atoms in total. The van der Waals surface area contributed by atoms with Gasteiger partial charge in [0.2, 0.25) is 0 Å². The van der Waals surface area contributed by atoms with Crippen molar-refractivity contribution in [1.29, 1.82) is 0 Å². The molecule has 0 aliphatic carbocycles. The van der Waals surface area contributed by atoms with Gasteiger partial charge in [0.25, 0.3) is 0 Å². The first-order chi connectivity index (χ1) is 5.40. The summed E-state index contributed by atoms with van der Waals surface area (Å²) in [6.45, 7) is 0.578. The maximum atomic E-state index is 5.48. The van der Waals surface area contributed by atoms with Crippen LogP contribution in [-0.4, -0.2) is 10.2 Å². The van der Waals surface area contributed by atoms with Crippen molar-refractivity contribution in [1.82, 2.24) is 10.2 Å². The normalized spacial score (nSPS) is 9.75. The average molecular weight is 184 g/mol. The molecule has 1 aromatic heterocycles. The number of benzene rings is 1. The Kier molecular flexibility index (Phi) is 2.68. The summed E-state index contributed by atoms with van der Waals surface area (Å²) in [6, 6.07) is 6.04. The van der Waals surface area contributed by atoms with Crippen molar-refractivity contribution in [3.63, 3.8) is 0 Å². The van der Waals surface area contributed by atoms with E-state index >= 15 is 0 Å². The van der Waals surface area contributed by atoms with Gasteiger partial charge in [-0.25, -0.2) is 0 Å². The van der Waals surface area contributed by atoms with Gasteiger partial charge in [0, 0.05) is 11.9 Å². The van der Waals surface area contributed by atoms with Crippen molar-refractivity contribution in [3.05, 3.63) is 30.0 Å². The standard InChI is InChI=1S/C8H9N3.ClH/c9-4-6-1-2-7-5-10-11-8(7)3-6;/h1-3,5H,4,9H2,(H,10,11);1H. The SMILES string of the molecule is Cl.NCc1ccc2cn[nH]c2c1. The number of hydrogen-bond acceptors (Lipinski definition) is 2. The molecular weight excluding hydrogens is 174 g/mol. The van der Waals surface area contributed by atoms with Crippen molar-refractivity contribution in [3.8, 4) is 0 Å². The van der Waals surface area contributed by atoms with Gasteiger partial charge < -0.3 is 5.73 Å². The van der Waals surface area contributed by atoms with Crippen LogP contribution in [0.5, 0.6) is 0 Å². The van der Waals surface area contributed by atoms with Gasteiger partial charge in [-0.05, 0) is 11.6 Å². The number of rotatable bonds is 1. The average Bonchev–Trinajstić information content (AvgIpc) is 2.50. The molecule has 0 atom stereocenters. The van der Waals surface area contributed by atoms with E-state index in [0.717, 1.165) is 16.5 Å². The molecule has 0 aliphatic heterocycles. The number of nitrogens with two attached hydrogens (primary N) is 1. The van der Waals surface area contributed by atoms with Gasteiger partial charge in [0.15, 0.2) is 0 Å². The van der Waals surface area contributed by atoms with Crippen molar-refractivity contribution in [2.75, 3.05) is 0 Å². The maximum Gasteiger partial charge on any atom is 0.0653 e. The van der Waals surface area contributed by atoms with Crippen LogP contribution < -0.4 is 5.73 Å². The van der Waals surface area contributed by atoms with E-state index in [9.17, 15) is 0 Å². The highest BCUT2D eigenvalue weighted by Gasteiger charge is 1.94. The van der Waals surface area contributed by atoms with Crippen LogP contribution in [0.3, 0.4) is 0 Å². The third kappa shape index (κ3) is 1.42. The summed E-state index contributed by atoms with van der Waals surface area (Å²) in [6.07, 6.45) is 1.80. The zero-order valence-electron chi connectivity index (χ0n) is 6.45. The Morgan fingerprint density at radius 3 is 3.00 bits per heavy atom. The summed E-state index contributed by atoms with van der Waals surface area (Å²) < 4.78 is 0. The lowest BCUT2D eigenvalue weighted by Gasteiger charge is -1.94. The summed E-state index contributed by atoms with van der Waals surface area (Å²) >= 11 is 0. The summed E-state index contributed by atoms with van der Waals surface area (Å²) in [5.41, 5.74) is 7.65. The van der Waals surface area contributed by atoms with E-state index < -0.39 is 0 Å². The predicted octanol–water partition coefficient (Wildman–Crippen LogP) is 1.44. The van der Waals surface area contributed by atoms with Gasteiger partial charge in [0.1, 0.15) is 0 Å². The molecule has 1 heterocycles. The van der Waals surface area contributed by atoms with Gasteiger partial charge in [-0.1, -0.05) is 12.1 Å². The Morgan fingerprint density at radius 1 is 1.42 bits per heavy atom. The van der Waals surface area contributed by atoms with E-state index in [1.54, 1.807) is 6.20 Å². The van der Waals surface area contributed by atoms with E-state index in [2.05, 4.69) is 10.2 Å². The Labute approximate surface area is 76.4 Å². The molecule has 2 rings (SSSR count). The minimum atomic E-state index is 0. The van der Waals surface area contributed by atoms with Crippen molar-refractivity contribution >= 4 is 23.3 Å². The third-order valence-electron chi connectivity index (χ3n) is 1.74. The van der Waals surface area contributed by atoms with Crippen molar-refractivity contribution in [2.24, 2.45) is 5.73 Å². The monoisotopic (exact) mass is 183 g/mol. The minimum Gasteiger partial charge on any atom is -0.326 e. The lowest BCUT2D eigenvalue weighted by Crippen LogP contribution is -1.94. The molecule has 4 heteroatoms. The summed E-state index contributed by atoms with van der Waals surface area (Å²) in [7, 11) is 0. The molecule has 0 fully saturated rings. The predicted molar refractivity (Wildman–Crippen MR) is 51.2 cm³/mol. The highest BCUT2D eigenvalue weighted by atomic mass is 35.5. The van der Waals surface area contributed by atoms with Crippen LogP contribution in [0.2, 0.25) is 0 Å². The molecule has 0 radical (unpaired) electrons. The highest BCUT2D eigenvalue weighted by molar-refractivity contribution is 5.85. The van der Waals surface area contributed by atoms with E-state index in [4.69, 9.17) is 5.73 Å². The second kappa shape index (κ2) is 3.56. The number of hydrogen-bond donors (Lipinski definition) is 2. The second-order valence-electron chi connectivity index (χ2n) is 2.50. The van der Waals surface area contributed by atoms with Gasteiger partial charge in [0.05, 0.1) is 11.7 Å². The van der Waals surface area contributed by atoms with Crippen LogP contribution in [0.1, 0.15) is 5.56 Å². The van der Waals surface area contributed by atoms with Gasteiger partial charge in [-0.2, -0.15) is 5.10 Å². The van der Waals surface area contributed by atoms with E-state index in [1.807, 2.05) is 18.2 Å². The Balaban J connectivity index is 0.000000720. The zero-order valence-corrected chi connectivity index (χ0v) is 7.27. The first kappa shape index (κ1) is 9.03. The van der Waals surface area contributed by atoms with E-state index in [1.165, 1.54) is 0 Å². The van der Waals surface area contributed by atoms with Crippen LogP contribution in [0.25, 0.3) is 10.9 Å². The van der Waals surface area contributed by atoms with Gasteiger partial charge >= 0.3 is 0 Å². The summed E-state index contributed by atoms with van der Waals surface area (Å²) in [5, 5.41) is 7.93. The lowest BCUT2D eigenvalue weighted by atomic mass is 10.2. The number of aromatic amines is 1. The minimum absolute atomic E-state index is 0. The van der Waals surface area contributed by atoms with Crippen LogP contribution >= 0.6 is 12.4 Å². The molecule has 0 saturated heterocycles. The Morgan fingerprint density at radius 2 is 2.25 bits per heavy atom. The van der Waals surface area contributed by atoms with Crippen molar-refractivity contribution < 1.29 is 0 Å². The quantitative estimate of drug-likeness (QED) is 0.703. The van der Waals surface area contributed by atoms with Crippen LogP contribution in [-0.2, 0) is 6.54 Å². The summed E-state index contributed by atoms with van der Waals surface area (Å²) in [5.74, 6) is 0. The Bertz CT molecular complexity index is 369. The molecule has 0 saturated carbocycles. The number of H-pyrrole nitrogens is 1. The molecule has 0 amide bonds. The zero-order chi connectivity index (χ0) is 7.68. The molecule has 0 bridgehead atoms. The molecular formula is C8H10ClN3. The highest BCUT2D eigenvalue weighted by Crippen LogP contribution is 2.11. The smallest absolute Gasteiger partial charge is 0.0653 e. The molecule has 0 aliphatic rings. The van der Waals surface area contributed by atoms with Gasteiger partial charge in [-0.3, -0.25) is 5.10 Å². The first-order valence-electron chi connectivity index (χ1n) is 3.52. The van der Waals surface area contributed by atoms with Crippen LogP contribution in [0.4, 0.5) is 0 Å². The molecule has 0 unspecified atom stereocenters. The van der Waals surface area contributed by atoms with Crippen molar-refractivity contribution in [2.45, 2.75) is 6.54 Å². The molecule has 3 N–H and O–H groups in total. The summed E-state index contributed by atoms with van der Waals surface area (Å²) in [4.78, 5) is 0. The number of halogens is 1. The van der Waals surface area contributed by atoms with Crippen LogP contribution in [0, 0.1) is 0 Å². The largest absolute Gasteiger partial charge is 0.326 e. The molecule has 1 aromatic carbocycles. The molecule has 64 valence electrons. The molecule has 0 spiro atoms. The number of aromatic nitrogens is 2. The Hall–Kier alpha value is -1.06.